The Morgan fingerprint density at radius 1 is 1.27 bits per heavy atom. The fourth-order valence-electron chi connectivity index (χ4n) is 0.476. The van der Waals surface area contributed by atoms with E-state index < -0.39 is 11.9 Å². The normalized spacial score (nSPS) is 11.1. The Hall–Kier alpha value is -0.710. The third-order valence-electron chi connectivity index (χ3n) is 1.52. The van der Waals surface area contributed by atoms with Crippen molar-refractivity contribution in [2.45, 2.75) is 45.3 Å². The van der Waals surface area contributed by atoms with Gasteiger partial charge in [-0.05, 0) is 19.1 Å². The van der Waals surface area contributed by atoms with Gasteiger partial charge in [0, 0.05) is 6.42 Å². The lowest BCUT2D eigenvalue weighted by atomic mass is 10.4. The van der Waals surface area contributed by atoms with Crippen LogP contribution >= 0.6 is 11.8 Å². The zero-order chi connectivity index (χ0) is 12.3. The molecule has 2 N–H and O–H groups in total. The number of unbranched alkanes of at least 4 members (excludes halogenated alkanes) is 1. The minimum Gasteiger partial charge on any atom is -0.481 e. The number of thioether (sulfide) groups is 1. The van der Waals surface area contributed by atoms with Crippen LogP contribution in [0, 0.1) is 0 Å². The lowest BCUT2D eigenvalue weighted by molar-refractivity contribution is -0.137. The van der Waals surface area contributed by atoms with Gasteiger partial charge < -0.3 is 10.2 Å². The van der Waals surface area contributed by atoms with Gasteiger partial charge in [-0.15, -0.1) is 11.8 Å². The van der Waals surface area contributed by atoms with Crippen LogP contribution in [0.25, 0.3) is 0 Å². The number of carboxylic acids is 2. The molecule has 0 radical (unpaired) electrons. The van der Waals surface area contributed by atoms with Crippen LogP contribution in [0.1, 0.15) is 40.0 Å². The third-order valence-corrected chi connectivity index (χ3v) is 2.74. The number of rotatable bonds is 6. The molecule has 0 amide bonds. The second-order valence-electron chi connectivity index (χ2n) is 2.95. The highest BCUT2D eigenvalue weighted by molar-refractivity contribution is 8.00. The molecule has 0 aromatic carbocycles. The average Bonchev–Trinajstić information content (AvgIpc) is 2.18. The van der Waals surface area contributed by atoms with E-state index in [0.29, 0.717) is 0 Å². The lowest BCUT2D eigenvalue weighted by Gasteiger charge is -2.03. The van der Waals surface area contributed by atoms with Crippen LogP contribution in [-0.2, 0) is 9.59 Å². The molecule has 0 saturated heterocycles. The van der Waals surface area contributed by atoms with Crippen LogP contribution in [0.3, 0.4) is 0 Å². The van der Waals surface area contributed by atoms with E-state index in [9.17, 15) is 9.59 Å². The van der Waals surface area contributed by atoms with Crippen LogP contribution in [-0.4, -0.2) is 33.2 Å². The lowest BCUT2D eigenvalue weighted by Crippen LogP contribution is -2.11. The topological polar surface area (TPSA) is 74.6 Å². The van der Waals surface area contributed by atoms with E-state index in [-0.39, 0.29) is 11.7 Å². The molecule has 0 aliphatic rings. The van der Waals surface area contributed by atoms with Gasteiger partial charge in [0.2, 0.25) is 0 Å². The molecule has 0 aromatic rings. The summed E-state index contributed by atoms with van der Waals surface area (Å²) in [5.74, 6) is -0.490. The first-order chi connectivity index (χ1) is 6.95. The fourth-order valence-corrected chi connectivity index (χ4v) is 1.43. The summed E-state index contributed by atoms with van der Waals surface area (Å²) >= 11 is 1.51. The van der Waals surface area contributed by atoms with E-state index in [1.165, 1.54) is 11.8 Å². The summed E-state index contributed by atoms with van der Waals surface area (Å²) in [6.07, 6.45) is 2.47. The summed E-state index contributed by atoms with van der Waals surface area (Å²) in [7, 11) is 0. The van der Waals surface area contributed by atoms with Crippen LogP contribution in [0.5, 0.6) is 0 Å². The van der Waals surface area contributed by atoms with E-state index in [4.69, 9.17) is 10.2 Å². The summed E-state index contributed by atoms with van der Waals surface area (Å²) in [4.78, 5) is 19.6. The van der Waals surface area contributed by atoms with Gasteiger partial charge in [0.25, 0.3) is 0 Å². The van der Waals surface area contributed by atoms with E-state index in [1.54, 1.807) is 13.8 Å². The van der Waals surface area contributed by atoms with Crippen molar-refractivity contribution in [3.8, 4) is 0 Å². The van der Waals surface area contributed by atoms with Gasteiger partial charge in [0.1, 0.15) is 0 Å². The Morgan fingerprint density at radius 2 is 1.73 bits per heavy atom. The number of carboxylic acid groups (broad SMARTS) is 2. The van der Waals surface area contributed by atoms with Crippen LogP contribution in [0.15, 0.2) is 0 Å². The maximum Gasteiger partial charge on any atom is 0.316 e. The van der Waals surface area contributed by atoms with Gasteiger partial charge in [0.15, 0.2) is 0 Å². The van der Waals surface area contributed by atoms with Crippen molar-refractivity contribution in [1.82, 2.24) is 0 Å². The molecule has 0 rings (SSSR count). The first-order valence-corrected chi connectivity index (χ1v) is 6.06. The largest absolute Gasteiger partial charge is 0.481 e. The highest BCUT2D eigenvalue weighted by atomic mass is 32.2. The van der Waals surface area contributed by atoms with Crippen molar-refractivity contribution < 1.29 is 19.8 Å². The molecule has 0 bridgehead atoms. The van der Waals surface area contributed by atoms with Crippen molar-refractivity contribution in [1.29, 1.82) is 0 Å². The maximum atomic E-state index is 10.3. The van der Waals surface area contributed by atoms with Gasteiger partial charge in [-0.1, -0.05) is 20.3 Å². The average molecular weight is 236 g/mol. The van der Waals surface area contributed by atoms with E-state index in [2.05, 4.69) is 6.92 Å². The van der Waals surface area contributed by atoms with Gasteiger partial charge >= 0.3 is 11.9 Å². The highest BCUT2D eigenvalue weighted by Gasteiger charge is 2.09. The number of carbonyl (C=O) groups is 2. The molecule has 0 fully saturated rings. The minimum atomic E-state index is -0.745. The van der Waals surface area contributed by atoms with Crippen molar-refractivity contribution in [3.63, 3.8) is 0 Å². The molecule has 0 spiro atoms. The molecule has 0 aromatic heterocycles. The first-order valence-electron chi connectivity index (χ1n) is 5.01. The summed E-state index contributed by atoms with van der Waals surface area (Å²) in [5.41, 5.74) is 0. The van der Waals surface area contributed by atoms with Gasteiger partial charge in [-0.2, -0.15) is 0 Å². The second-order valence-corrected chi connectivity index (χ2v) is 4.40. The maximum absolute atomic E-state index is 10.3. The van der Waals surface area contributed by atoms with Gasteiger partial charge in [-0.25, -0.2) is 0 Å². The number of hydrogen-bond acceptors (Lipinski definition) is 3. The quantitative estimate of drug-likeness (QED) is 0.693. The van der Waals surface area contributed by atoms with Gasteiger partial charge in [-0.3, -0.25) is 9.59 Å². The molecule has 15 heavy (non-hydrogen) atoms. The van der Waals surface area contributed by atoms with E-state index in [1.807, 2.05) is 0 Å². The molecule has 5 heteroatoms. The molecule has 0 saturated carbocycles. The monoisotopic (exact) mass is 236 g/mol. The van der Waals surface area contributed by atoms with Crippen LogP contribution in [0.2, 0.25) is 0 Å². The Labute approximate surface area is 95.1 Å². The summed E-state index contributed by atoms with van der Waals surface area (Å²) < 4.78 is 0. The summed E-state index contributed by atoms with van der Waals surface area (Å²) in [5, 5.41) is 15.9. The molecule has 0 heterocycles. The second kappa shape index (κ2) is 11.4. The van der Waals surface area contributed by atoms with Crippen molar-refractivity contribution in [2.75, 3.05) is 5.75 Å². The molecule has 4 nitrogen and oxygen atoms in total. The highest BCUT2D eigenvalue weighted by Crippen LogP contribution is 2.11. The minimum absolute atomic E-state index is 0.222. The zero-order valence-electron chi connectivity index (χ0n) is 9.52. The smallest absolute Gasteiger partial charge is 0.316 e. The van der Waals surface area contributed by atoms with Crippen LogP contribution in [0.4, 0.5) is 0 Å². The van der Waals surface area contributed by atoms with Crippen molar-refractivity contribution >= 4 is 23.7 Å². The summed E-state index contributed by atoms with van der Waals surface area (Å²) in [6, 6.07) is 0. The molecule has 1 unspecified atom stereocenters. The SMILES string of the molecule is CCC(=O)O.CCCCSC(C)C(=O)O. The fraction of sp³-hybridized carbons (Fsp3) is 0.800. The molecular weight excluding hydrogens is 216 g/mol. The Kier molecular flexibility index (Phi) is 12.7. The van der Waals surface area contributed by atoms with Crippen molar-refractivity contribution in [2.24, 2.45) is 0 Å². The molecule has 1 atom stereocenters. The van der Waals surface area contributed by atoms with E-state index >= 15 is 0 Å². The molecule has 90 valence electrons. The first kappa shape index (κ1) is 16.7. The molecule has 0 aliphatic heterocycles. The Bertz CT molecular complexity index is 182. The van der Waals surface area contributed by atoms with Crippen molar-refractivity contribution in [3.05, 3.63) is 0 Å². The van der Waals surface area contributed by atoms with Gasteiger partial charge in [0.05, 0.1) is 5.25 Å². The Balaban J connectivity index is 0. The third kappa shape index (κ3) is 16.0. The van der Waals surface area contributed by atoms with Crippen LogP contribution < -0.4 is 0 Å². The summed E-state index contributed by atoms with van der Waals surface area (Å²) in [6.45, 7) is 5.43. The predicted molar refractivity (Wildman–Crippen MR) is 62.4 cm³/mol. The molecular formula is C10H20O4S. The number of aliphatic carboxylic acids is 2. The standard InChI is InChI=1S/C7H14O2S.C3H6O2/c1-3-4-5-10-6(2)7(8)9;1-2-3(4)5/h6H,3-5H2,1-2H3,(H,8,9);2H2,1H3,(H,4,5). The predicted octanol–water partition coefficient (Wildman–Crippen LogP) is 2.47. The number of hydrogen-bond donors (Lipinski definition) is 2. The Morgan fingerprint density at radius 3 is 2.00 bits per heavy atom. The zero-order valence-corrected chi connectivity index (χ0v) is 10.3. The molecule has 0 aliphatic carbocycles. The van der Waals surface area contributed by atoms with E-state index in [0.717, 1.165) is 18.6 Å².